The number of carboxylic acid groups (broad SMARTS) is 1. The lowest BCUT2D eigenvalue weighted by molar-refractivity contribution is -0.138. The van der Waals surface area contributed by atoms with Crippen molar-refractivity contribution in [3.05, 3.63) is 23.8 Å². The molecule has 0 spiro atoms. The number of fused-ring (bicyclic) bond motifs is 1. The molecule has 74 valence electrons. The van der Waals surface area contributed by atoms with Gasteiger partial charge in [0, 0.05) is 12.5 Å². The Bertz CT molecular complexity index is 372. The Morgan fingerprint density at radius 3 is 3.07 bits per heavy atom. The minimum absolute atomic E-state index is 0.00452. The highest BCUT2D eigenvalue weighted by molar-refractivity contribution is 5.67. The number of rotatable bonds is 2. The molecule has 1 aliphatic heterocycles. The van der Waals surface area contributed by atoms with Crippen LogP contribution < -0.4 is 4.74 Å². The van der Waals surface area contributed by atoms with Gasteiger partial charge >= 0.3 is 5.97 Å². The number of ether oxygens (including phenoxy) is 1. The van der Waals surface area contributed by atoms with Crippen molar-refractivity contribution in [3.8, 4) is 11.5 Å². The number of aromatic hydroxyl groups is 1. The zero-order chi connectivity index (χ0) is 10.1. The maximum atomic E-state index is 10.4. The number of aliphatic carboxylic acids is 1. The fourth-order valence-electron chi connectivity index (χ4n) is 1.60. The van der Waals surface area contributed by atoms with Gasteiger partial charge in [0.2, 0.25) is 0 Å². The molecule has 0 amide bonds. The van der Waals surface area contributed by atoms with Crippen LogP contribution in [0.1, 0.15) is 12.0 Å². The Balaban J connectivity index is 2.14. The van der Waals surface area contributed by atoms with E-state index in [1.54, 1.807) is 12.1 Å². The van der Waals surface area contributed by atoms with Gasteiger partial charge in [-0.05, 0) is 11.6 Å². The standard InChI is InChI=1S/C10H10O4/c11-7-2-1-6-3-8(5-10(12)13)14-9(6)4-7/h1-2,4,8,11H,3,5H2,(H,12,13). The molecule has 0 aromatic heterocycles. The van der Waals surface area contributed by atoms with Crippen LogP contribution in [0.15, 0.2) is 18.2 Å². The number of hydrogen-bond donors (Lipinski definition) is 2. The normalized spacial score (nSPS) is 18.7. The van der Waals surface area contributed by atoms with E-state index in [4.69, 9.17) is 14.9 Å². The number of hydrogen-bond acceptors (Lipinski definition) is 3. The van der Waals surface area contributed by atoms with E-state index in [9.17, 15) is 4.79 Å². The number of carbonyl (C=O) groups is 1. The first-order valence-corrected chi connectivity index (χ1v) is 4.35. The first kappa shape index (κ1) is 8.87. The third-order valence-corrected chi connectivity index (χ3v) is 2.19. The summed E-state index contributed by atoms with van der Waals surface area (Å²) < 4.78 is 5.36. The van der Waals surface area contributed by atoms with Crippen molar-refractivity contribution >= 4 is 5.97 Å². The molecule has 14 heavy (non-hydrogen) atoms. The summed E-state index contributed by atoms with van der Waals surface area (Å²) in [6, 6.07) is 4.84. The van der Waals surface area contributed by atoms with Crippen LogP contribution in [-0.4, -0.2) is 22.3 Å². The Labute approximate surface area is 80.7 Å². The van der Waals surface area contributed by atoms with E-state index in [0.717, 1.165) is 5.56 Å². The van der Waals surface area contributed by atoms with Gasteiger partial charge in [0.05, 0.1) is 6.42 Å². The molecule has 1 heterocycles. The van der Waals surface area contributed by atoms with Crippen molar-refractivity contribution in [2.75, 3.05) is 0 Å². The van der Waals surface area contributed by atoms with Crippen LogP contribution in [0.3, 0.4) is 0 Å². The summed E-state index contributed by atoms with van der Waals surface area (Å²) in [7, 11) is 0. The predicted octanol–water partition coefficient (Wildman–Crippen LogP) is 1.17. The average molecular weight is 194 g/mol. The van der Waals surface area contributed by atoms with Gasteiger partial charge in [-0.25, -0.2) is 0 Å². The lowest BCUT2D eigenvalue weighted by Crippen LogP contribution is -2.17. The largest absolute Gasteiger partial charge is 0.508 e. The van der Waals surface area contributed by atoms with Crippen molar-refractivity contribution in [1.82, 2.24) is 0 Å². The van der Waals surface area contributed by atoms with Crippen LogP contribution >= 0.6 is 0 Å². The molecular weight excluding hydrogens is 184 g/mol. The van der Waals surface area contributed by atoms with E-state index in [0.29, 0.717) is 12.2 Å². The lowest BCUT2D eigenvalue weighted by Gasteiger charge is -2.06. The zero-order valence-electron chi connectivity index (χ0n) is 7.43. The smallest absolute Gasteiger partial charge is 0.307 e. The Morgan fingerprint density at radius 2 is 2.36 bits per heavy atom. The molecule has 0 saturated heterocycles. The minimum Gasteiger partial charge on any atom is -0.508 e. The van der Waals surface area contributed by atoms with E-state index >= 15 is 0 Å². The predicted molar refractivity (Wildman–Crippen MR) is 48.5 cm³/mol. The van der Waals surface area contributed by atoms with Crippen LogP contribution in [0.4, 0.5) is 0 Å². The number of phenols is 1. The molecule has 1 aromatic rings. The second-order valence-corrected chi connectivity index (χ2v) is 3.33. The third kappa shape index (κ3) is 1.64. The molecule has 1 aliphatic rings. The summed E-state index contributed by atoms with van der Waals surface area (Å²) in [5.74, 6) is -0.136. The molecule has 0 bridgehead atoms. The molecular formula is C10H10O4. The van der Waals surface area contributed by atoms with Gasteiger partial charge in [-0.2, -0.15) is 0 Å². The van der Waals surface area contributed by atoms with Crippen molar-refractivity contribution in [3.63, 3.8) is 0 Å². The lowest BCUT2D eigenvalue weighted by atomic mass is 10.1. The van der Waals surface area contributed by atoms with Gasteiger partial charge in [0.25, 0.3) is 0 Å². The Morgan fingerprint density at radius 1 is 1.57 bits per heavy atom. The van der Waals surface area contributed by atoms with Crippen molar-refractivity contribution < 1.29 is 19.7 Å². The quantitative estimate of drug-likeness (QED) is 0.741. The average Bonchev–Trinajstić information content (AvgIpc) is 2.44. The monoisotopic (exact) mass is 194 g/mol. The summed E-state index contributed by atoms with van der Waals surface area (Å²) in [6.07, 6.45) is 0.293. The van der Waals surface area contributed by atoms with E-state index in [1.165, 1.54) is 6.07 Å². The molecule has 1 atom stereocenters. The second kappa shape index (κ2) is 3.21. The maximum Gasteiger partial charge on any atom is 0.307 e. The van der Waals surface area contributed by atoms with Crippen molar-refractivity contribution in [2.45, 2.75) is 18.9 Å². The molecule has 1 unspecified atom stereocenters. The van der Waals surface area contributed by atoms with Gasteiger partial charge in [-0.1, -0.05) is 6.07 Å². The summed E-state index contributed by atoms with van der Waals surface area (Å²) >= 11 is 0. The highest BCUT2D eigenvalue weighted by Crippen LogP contribution is 2.32. The maximum absolute atomic E-state index is 10.4. The summed E-state index contributed by atoms with van der Waals surface area (Å²) in [5, 5.41) is 17.7. The topological polar surface area (TPSA) is 66.8 Å². The van der Waals surface area contributed by atoms with Crippen LogP contribution in [-0.2, 0) is 11.2 Å². The van der Waals surface area contributed by atoms with Crippen LogP contribution in [0.25, 0.3) is 0 Å². The van der Waals surface area contributed by atoms with Gasteiger partial charge in [0.15, 0.2) is 0 Å². The number of carboxylic acids is 1. The molecule has 0 radical (unpaired) electrons. The molecule has 4 heteroatoms. The molecule has 0 saturated carbocycles. The number of phenolic OH excluding ortho intramolecular Hbond substituents is 1. The zero-order valence-corrected chi connectivity index (χ0v) is 7.43. The molecule has 0 aliphatic carbocycles. The Hall–Kier alpha value is -1.71. The molecule has 2 N–H and O–H groups in total. The van der Waals surface area contributed by atoms with E-state index in [-0.39, 0.29) is 18.3 Å². The van der Waals surface area contributed by atoms with E-state index in [1.807, 2.05) is 0 Å². The molecule has 2 rings (SSSR count). The van der Waals surface area contributed by atoms with Crippen molar-refractivity contribution in [2.24, 2.45) is 0 Å². The van der Waals surface area contributed by atoms with Crippen LogP contribution in [0, 0.1) is 0 Å². The molecule has 4 nitrogen and oxygen atoms in total. The van der Waals surface area contributed by atoms with Gasteiger partial charge < -0.3 is 14.9 Å². The SMILES string of the molecule is O=C(O)CC1Cc2ccc(O)cc2O1. The molecule has 0 fully saturated rings. The van der Waals surface area contributed by atoms with E-state index in [2.05, 4.69) is 0 Å². The fraction of sp³-hybridized carbons (Fsp3) is 0.300. The van der Waals surface area contributed by atoms with Crippen LogP contribution in [0.2, 0.25) is 0 Å². The fourth-order valence-corrected chi connectivity index (χ4v) is 1.60. The highest BCUT2D eigenvalue weighted by Gasteiger charge is 2.24. The summed E-state index contributed by atoms with van der Waals surface area (Å²) in [6.45, 7) is 0. The minimum atomic E-state index is -0.868. The first-order chi connectivity index (χ1) is 6.65. The third-order valence-electron chi connectivity index (χ3n) is 2.19. The van der Waals surface area contributed by atoms with Crippen LogP contribution in [0.5, 0.6) is 11.5 Å². The Kier molecular flexibility index (Phi) is 2.04. The first-order valence-electron chi connectivity index (χ1n) is 4.35. The molecule has 1 aromatic carbocycles. The van der Waals surface area contributed by atoms with Crippen molar-refractivity contribution in [1.29, 1.82) is 0 Å². The summed E-state index contributed by atoms with van der Waals surface area (Å²) in [5.41, 5.74) is 0.953. The highest BCUT2D eigenvalue weighted by atomic mass is 16.5. The second-order valence-electron chi connectivity index (χ2n) is 3.33. The van der Waals surface area contributed by atoms with Gasteiger partial charge in [-0.3, -0.25) is 4.79 Å². The van der Waals surface area contributed by atoms with E-state index < -0.39 is 5.97 Å². The summed E-state index contributed by atoms with van der Waals surface area (Å²) in [4.78, 5) is 10.4. The van der Waals surface area contributed by atoms with Gasteiger partial charge in [0.1, 0.15) is 17.6 Å². The number of benzene rings is 1. The van der Waals surface area contributed by atoms with Gasteiger partial charge in [-0.15, -0.1) is 0 Å².